The number of benzene rings is 2. The highest BCUT2D eigenvalue weighted by molar-refractivity contribution is 7.22. The minimum Gasteiger partial charge on any atom is -0.492 e. The van der Waals surface area contributed by atoms with Gasteiger partial charge >= 0.3 is 0 Å². The third-order valence-corrected chi connectivity index (χ3v) is 5.69. The van der Waals surface area contributed by atoms with E-state index in [9.17, 15) is 4.79 Å². The van der Waals surface area contributed by atoms with Crippen LogP contribution < -0.4 is 9.64 Å². The van der Waals surface area contributed by atoms with Crippen molar-refractivity contribution in [3.8, 4) is 5.75 Å². The van der Waals surface area contributed by atoms with E-state index in [0.29, 0.717) is 23.3 Å². The van der Waals surface area contributed by atoms with E-state index < -0.39 is 0 Å². The number of hydrogen-bond acceptors (Lipinski definition) is 5. The summed E-state index contributed by atoms with van der Waals surface area (Å²) in [5.74, 6) is 0.723. The van der Waals surface area contributed by atoms with Crippen molar-refractivity contribution in [2.75, 3.05) is 38.7 Å². The van der Waals surface area contributed by atoms with E-state index in [4.69, 9.17) is 21.3 Å². The summed E-state index contributed by atoms with van der Waals surface area (Å²) >= 11 is 7.76. The molecule has 0 radical (unpaired) electrons. The molecule has 8 heteroatoms. The van der Waals surface area contributed by atoms with Gasteiger partial charge < -0.3 is 9.64 Å². The van der Waals surface area contributed by atoms with E-state index in [-0.39, 0.29) is 24.7 Å². The van der Waals surface area contributed by atoms with Gasteiger partial charge in [-0.1, -0.05) is 47.2 Å². The normalized spacial score (nSPS) is 10.8. The number of carbonyl (C=O) groups excluding carboxylic acids is 1. The van der Waals surface area contributed by atoms with Crippen molar-refractivity contribution in [2.24, 2.45) is 0 Å². The van der Waals surface area contributed by atoms with Crippen molar-refractivity contribution in [3.05, 3.63) is 53.1 Å². The lowest BCUT2D eigenvalue weighted by Crippen LogP contribution is -2.37. The molecule has 0 atom stereocenters. The number of rotatable bonds is 8. The van der Waals surface area contributed by atoms with Crippen molar-refractivity contribution >= 4 is 56.6 Å². The van der Waals surface area contributed by atoms with Gasteiger partial charge in [-0.15, -0.1) is 12.4 Å². The Hall–Kier alpha value is -1.86. The highest BCUT2D eigenvalue weighted by atomic mass is 35.5. The summed E-state index contributed by atoms with van der Waals surface area (Å²) in [4.78, 5) is 21.7. The van der Waals surface area contributed by atoms with E-state index in [1.165, 1.54) is 11.3 Å². The summed E-state index contributed by atoms with van der Waals surface area (Å²) in [6, 6.07) is 13.3. The number of thiazole rings is 1. The Balaban J connectivity index is 0.00000300. The van der Waals surface area contributed by atoms with Gasteiger partial charge in [-0.3, -0.25) is 9.69 Å². The second kappa shape index (κ2) is 10.8. The van der Waals surface area contributed by atoms with Gasteiger partial charge in [0.2, 0.25) is 5.91 Å². The monoisotopic (exact) mass is 453 g/mol. The highest BCUT2D eigenvalue weighted by Crippen LogP contribution is 2.34. The number of carbonyl (C=O) groups is 1. The Bertz CT molecular complexity index is 962. The molecule has 0 spiro atoms. The van der Waals surface area contributed by atoms with Crippen molar-refractivity contribution < 1.29 is 9.53 Å². The van der Waals surface area contributed by atoms with Crippen molar-refractivity contribution in [3.63, 3.8) is 0 Å². The molecule has 0 saturated heterocycles. The number of amides is 1. The number of likely N-dealkylation sites (N-methyl/N-ethyl adjacent to an activating group) is 1. The lowest BCUT2D eigenvalue weighted by molar-refractivity contribution is -0.118. The molecule has 0 aliphatic carbocycles. The quantitative estimate of drug-likeness (QED) is 0.486. The number of anilines is 1. The second-order valence-electron chi connectivity index (χ2n) is 6.65. The highest BCUT2D eigenvalue weighted by Gasteiger charge is 2.22. The van der Waals surface area contributed by atoms with Crippen LogP contribution in [0.5, 0.6) is 5.75 Å². The van der Waals surface area contributed by atoms with Crippen molar-refractivity contribution in [1.29, 1.82) is 0 Å². The molecule has 1 amide bonds. The summed E-state index contributed by atoms with van der Waals surface area (Å²) in [6.45, 7) is 3.81. The number of ether oxygens (including phenoxy) is 1. The minimum atomic E-state index is -0.0213. The molecule has 1 heterocycles. The topological polar surface area (TPSA) is 45.7 Å². The van der Waals surface area contributed by atoms with Gasteiger partial charge in [-0.2, -0.15) is 0 Å². The van der Waals surface area contributed by atoms with Crippen LogP contribution in [-0.2, 0) is 11.2 Å². The first-order chi connectivity index (χ1) is 13.5. The zero-order valence-electron chi connectivity index (χ0n) is 16.7. The summed E-state index contributed by atoms with van der Waals surface area (Å²) < 4.78 is 6.70. The molecule has 1 aromatic heterocycles. The number of aromatic nitrogens is 1. The fourth-order valence-electron chi connectivity index (χ4n) is 2.83. The van der Waals surface area contributed by atoms with E-state index in [1.54, 1.807) is 11.0 Å². The first kappa shape index (κ1) is 23.4. The maximum atomic E-state index is 13.1. The lowest BCUT2D eigenvalue weighted by Gasteiger charge is -2.22. The molecule has 0 unspecified atom stereocenters. The first-order valence-electron chi connectivity index (χ1n) is 9.20. The van der Waals surface area contributed by atoms with Crippen LogP contribution in [0.25, 0.3) is 10.2 Å². The number of para-hydroxylation sites is 1. The Kier molecular flexibility index (Phi) is 8.71. The van der Waals surface area contributed by atoms with E-state index in [2.05, 4.69) is 4.90 Å². The van der Waals surface area contributed by atoms with Crippen LogP contribution in [0.15, 0.2) is 42.5 Å². The fraction of sp³-hybridized carbons (Fsp3) is 0.333. The Morgan fingerprint density at radius 2 is 1.90 bits per heavy atom. The van der Waals surface area contributed by atoms with Gasteiger partial charge in [0, 0.05) is 18.1 Å². The minimum absolute atomic E-state index is 0. The lowest BCUT2D eigenvalue weighted by atomic mass is 10.1. The molecule has 3 rings (SSSR count). The Labute approximate surface area is 186 Å². The van der Waals surface area contributed by atoms with Crippen LogP contribution in [0.4, 0.5) is 5.13 Å². The van der Waals surface area contributed by atoms with Crippen LogP contribution in [0.1, 0.15) is 12.5 Å². The average molecular weight is 454 g/mol. The average Bonchev–Trinajstić information content (AvgIpc) is 3.08. The van der Waals surface area contributed by atoms with Gasteiger partial charge in [0.15, 0.2) is 5.13 Å². The maximum Gasteiger partial charge on any atom is 0.233 e. The molecular formula is C21H25Cl2N3O2S. The molecule has 2 aromatic carbocycles. The zero-order chi connectivity index (χ0) is 20.1. The first-order valence-corrected chi connectivity index (χ1v) is 10.4. The van der Waals surface area contributed by atoms with Gasteiger partial charge in [0.1, 0.15) is 11.3 Å². The van der Waals surface area contributed by atoms with Gasteiger partial charge in [-0.25, -0.2) is 4.98 Å². The van der Waals surface area contributed by atoms with Crippen LogP contribution >= 0.6 is 35.3 Å². The Morgan fingerprint density at radius 3 is 2.59 bits per heavy atom. The summed E-state index contributed by atoms with van der Waals surface area (Å²) in [7, 11) is 3.98. The second-order valence-corrected chi connectivity index (χ2v) is 8.07. The predicted molar refractivity (Wildman–Crippen MR) is 124 cm³/mol. The molecule has 29 heavy (non-hydrogen) atoms. The molecule has 0 fully saturated rings. The zero-order valence-corrected chi connectivity index (χ0v) is 19.1. The molecule has 5 nitrogen and oxygen atoms in total. The molecule has 0 N–H and O–H groups in total. The van der Waals surface area contributed by atoms with E-state index in [1.807, 2.05) is 57.4 Å². The molecule has 0 aliphatic rings. The van der Waals surface area contributed by atoms with Crippen LogP contribution in [-0.4, -0.2) is 49.6 Å². The molecule has 0 saturated carbocycles. The molecule has 3 aromatic rings. The molecule has 0 bridgehead atoms. The number of nitrogens with zero attached hydrogens (tertiary/aromatic N) is 3. The summed E-state index contributed by atoms with van der Waals surface area (Å²) in [6.07, 6.45) is 0.237. The predicted octanol–water partition coefficient (Wildman–Crippen LogP) is 4.91. The van der Waals surface area contributed by atoms with Gasteiger partial charge in [0.05, 0.1) is 17.7 Å². The van der Waals surface area contributed by atoms with Crippen LogP contribution in [0.2, 0.25) is 5.02 Å². The van der Waals surface area contributed by atoms with Gasteiger partial charge in [0.25, 0.3) is 0 Å². The maximum absolute atomic E-state index is 13.1. The third kappa shape index (κ3) is 5.82. The Morgan fingerprint density at radius 1 is 1.14 bits per heavy atom. The standard InChI is InChI=1S/C21H24ClN3O2S.ClH/c1-4-27-17-10-7-11-18-20(17)23-21(28-18)25(13-12-24(2)3)19(26)14-15-8-5-6-9-16(15)22;/h5-11H,4,12-14H2,1-3H3;1H. The molecule has 0 aliphatic heterocycles. The summed E-state index contributed by atoms with van der Waals surface area (Å²) in [5, 5.41) is 1.28. The third-order valence-electron chi connectivity index (χ3n) is 4.27. The number of fused-ring (bicyclic) bond motifs is 1. The number of hydrogen-bond donors (Lipinski definition) is 0. The van der Waals surface area contributed by atoms with Crippen molar-refractivity contribution in [2.45, 2.75) is 13.3 Å². The fourth-order valence-corrected chi connectivity index (χ4v) is 4.06. The number of halogens is 2. The van der Waals surface area contributed by atoms with E-state index >= 15 is 0 Å². The van der Waals surface area contributed by atoms with Gasteiger partial charge in [-0.05, 0) is 44.8 Å². The van der Waals surface area contributed by atoms with Crippen molar-refractivity contribution in [1.82, 2.24) is 9.88 Å². The molecular weight excluding hydrogens is 429 g/mol. The SMILES string of the molecule is CCOc1cccc2sc(N(CCN(C)C)C(=O)Cc3ccccc3Cl)nc12.Cl. The molecule has 156 valence electrons. The summed E-state index contributed by atoms with van der Waals surface area (Å²) in [5.41, 5.74) is 1.62. The largest absolute Gasteiger partial charge is 0.492 e. The van der Waals surface area contributed by atoms with E-state index in [0.717, 1.165) is 28.1 Å². The van der Waals surface area contributed by atoms with Crippen LogP contribution in [0.3, 0.4) is 0 Å². The smallest absolute Gasteiger partial charge is 0.233 e. The van der Waals surface area contributed by atoms with Crippen LogP contribution in [0, 0.1) is 0 Å².